The SMILES string of the molecule is CCCCCCCCOP(=O)(O)OP(=O)(O)OCCCCCCCC.CCCCCCCCOP(=O)(O)OP(=O)(O)OCCCCCCCC.[O]=[Ti]1[O]CC[O]1. The Bertz CT molecular complexity index is 967. The Morgan fingerprint density at radius 3 is 0.768 bits per heavy atom. The second-order valence-electron chi connectivity index (χ2n) is 13.4. The van der Waals surface area contributed by atoms with Crippen molar-refractivity contribution in [2.24, 2.45) is 0 Å². The normalized spacial score (nSPS) is 17.1. The van der Waals surface area contributed by atoms with Crippen molar-refractivity contribution in [1.29, 1.82) is 0 Å². The van der Waals surface area contributed by atoms with Crippen LogP contribution in [0.2, 0.25) is 0 Å². The third-order valence-electron chi connectivity index (χ3n) is 7.95. The van der Waals surface area contributed by atoms with Crippen LogP contribution >= 0.6 is 31.3 Å². The summed E-state index contributed by atoms with van der Waals surface area (Å²) in [5, 5.41) is 0. The summed E-state index contributed by atoms with van der Waals surface area (Å²) in [6.07, 6.45) is 23.9. The van der Waals surface area contributed by atoms with Crippen LogP contribution in [0.1, 0.15) is 182 Å². The van der Waals surface area contributed by atoms with Crippen molar-refractivity contribution in [2.75, 3.05) is 39.6 Å². The van der Waals surface area contributed by atoms with Gasteiger partial charge in [-0.3, -0.25) is 18.1 Å². The first-order chi connectivity index (χ1) is 26.6. The molecule has 0 spiro atoms. The molecule has 17 nitrogen and oxygen atoms in total. The van der Waals surface area contributed by atoms with Crippen LogP contribution in [0.4, 0.5) is 0 Å². The molecule has 1 heterocycles. The van der Waals surface area contributed by atoms with Gasteiger partial charge in [0, 0.05) is 0 Å². The molecule has 338 valence electrons. The summed E-state index contributed by atoms with van der Waals surface area (Å²) in [6, 6.07) is 0. The fourth-order valence-corrected chi connectivity index (χ4v) is 10.1. The average molecular weight is 929 g/mol. The molecule has 1 aliphatic rings. The van der Waals surface area contributed by atoms with Gasteiger partial charge in [0.05, 0.1) is 26.4 Å². The molecular weight excluding hydrogens is 852 g/mol. The molecule has 1 saturated heterocycles. The van der Waals surface area contributed by atoms with Crippen LogP contribution in [0.15, 0.2) is 0 Å². The van der Waals surface area contributed by atoms with Gasteiger partial charge in [-0.25, -0.2) is 18.3 Å². The molecule has 1 fully saturated rings. The maximum atomic E-state index is 11.7. The number of unbranched alkanes of at least 4 members (excludes halogenated alkanes) is 20. The molecule has 0 aromatic heterocycles. The van der Waals surface area contributed by atoms with Crippen molar-refractivity contribution in [2.45, 2.75) is 182 Å². The summed E-state index contributed by atoms with van der Waals surface area (Å²) in [4.78, 5) is 38.0. The van der Waals surface area contributed by atoms with Crippen LogP contribution in [0, 0.1) is 0 Å². The number of phosphoric ester groups is 4. The van der Waals surface area contributed by atoms with E-state index < -0.39 is 49.9 Å². The first-order valence-electron chi connectivity index (χ1n) is 20.7. The van der Waals surface area contributed by atoms with Gasteiger partial charge in [0.25, 0.3) is 0 Å². The standard InChI is InChI=1S/2C16H36O7P2.C2H4O2.O.Ti/c2*1-3-5-7-9-11-13-15-21-24(17,18)23-25(19,20)22-16-14-12-10-8-6-4-2;3-1-2-4;;/h2*3-16H2,1-2H3,(H,17,18)(H,19,20);1-2H2;;/q;;-2;;+2. The van der Waals surface area contributed by atoms with Gasteiger partial charge in [-0.2, -0.15) is 8.62 Å². The van der Waals surface area contributed by atoms with Gasteiger partial charge in [0.15, 0.2) is 0 Å². The van der Waals surface area contributed by atoms with Gasteiger partial charge < -0.3 is 19.6 Å². The maximum absolute atomic E-state index is 11.7. The number of phosphoric acid groups is 4. The van der Waals surface area contributed by atoms with Crippen LogP contribution in [-0.4, -0.2) is 59.2 Å². The molecule has 56 heavy (non-hydrogen) atoms. The minimum atomic E-state index is -4.58. The number of hydrogen-bond donors (Lipinski definition) is 4. The Kier molecular flexibility index (Phi) is 41.0. The number of hydrogen-bond acceptors (Lipinski definition) is 13. The van der Waals surface area contributed by atoms with E-state index in [4.69, 9.17) is 18.1 Å². The molecule has 0 saturated carbocycles. The second-order valence-corrected chi connectivity index (χ2v) is 21.2. The first kappa shape index (κ1) is 59.0. The van der Waals surface area contributed by atoms with E-state index in [1.54, 1.807) is 0 Å². The van der Waals surface area contributed by atoms with Crippen LogP contribution in [0.3, 0.4) is 0 Å². The Hall–Kier alpha value is 0.954. The Labute approximate surface area is 344 Å². The van der Waals surface area contributed by atoms with Gasteiger partial charge in [-0.15, -0.1) is 0 Å². The summed E-state index contributed by atoms with van der Waals surface area (Å²) in [5.41, 5.74) is 0. The Balaban J connectivity index is 0. The summed E-state index contributed by atoms with van der Waals surface area (Å²) < 4.78 is 93.3. The third kappa shape index (κ3) is 44.5. The Morgan fingerprint density at radius 1 is 0.393 bits per heavy atom. The summed E-state index contributed by atoms with van der Waals surface area (Å²) in [6.45, 7) is 9.61. The molecule has 4 unspecified atom stereocenters. The van der Waals surface area contributed by atoms with Crippen molar-refractivity contribution in [3.63, 3.8) is 0 Å². The van der Waals surface area contributed by atoms with E-state index >= 15 is 0 Å². The summed E-state index contributed by atoms with van der Waals surface area (Å²) in [5.74, 6) is 0. The fourth-order valence-electron chi connectivity index (χ4n) is 4.90. The summed E-state index contributed by atoms with van der Waals surface area (Å²) in [7, 11) is -18.3. The molecule has 0 aromatic rings. The Morgan fingerprint density at radius 2 is 0.589 bits per heavy atom. The number of rotatable bonds is 36. The molecule has 0 bridgehead atoms. The summed E-state index contributed by atoms with van der Waals surface area (Å²) >= 11 is -2.52. The second kappa shape index (κ2) is 38.8. The van der Waals surface area contributed by atoms with Gasteiger partial charge in [-0.1, -0.05) is 156 Å². The van der Waals surface area contributed by atoms with E-state index in [1.807, 2.05) is 0 Å². The third-order valence-corrected chi connectivity index (χ3v) is 14.7. The molecular formula is C34H76O17P4Ti. The zero-order valence-corrected chi connectivity index (χ0v) is 39.7. The van der Waals surface area contributed by atoms with E-state index in [9.17, 15) is 41.2 Å². The predicted molar refractivity (Wildman–Crippen MR) is 211 cm³/mol. The van der Waals surface area contributed by atoms with Crippen LogP contribution in [0.25, 0.3) is 0 Å². The molecule has 4 atom stereocenters. The average Bonchev–Trinajstić information content (AvgIpc) is 3.60. The first-order valence-corrected chi connectivity index (χ1v) is 28.6. The fraction of sp³-hybridized carbons (Fsp3) is 1.00. The molecule has 0 amide bonds. The molecule has 0 aromatic carbocycles. The molecule has 22 heteroatoms. The van der Waals surface area contributed by atoms with Gasteiger partial charge in [0.2, 0.25) is 0 Å². The topological polar surface area (TPSA) is 240 Å². The van der Waals surface area contributed by atoms with E-state index in [0.717, 1.165) is 103 Å². The quantitative estimate of drug-likeness (QED) is 0.0259. The van der Waals surface area contributed by atoms with E-state index in [1.165, 1.54) is 25.7 Å². The predicted octanol–water partition coefficient (Wildman–Crippen LogP) is 11.7. The van der Waals surface area contributed by atoms with Crippen molar-refractivity contribution in [3.8, 4) is 0 Å². The van der Waals surface area contributed by atoms with Crippen molar-refractivity contribution in [3.05, 3.63) is 0 Å². The van der Waals surface area contributed by atoms with Gasteiger partial charge in [-0.05, 0) is 25.7 Å². The zero-order chi connectivity index (χ0) is 42.4. The molecule has 1 rings (SSSR count). The minimum absolute atomic E-state index is 0.0112. The molecule has 0 radical (unpaired) electrons. The van der Waals surface area contributed by atoms with Gasteiger partial charge >= 0.3 is 73.1 Å². The van der Waals surface area contributed by atoms with Crippen LogP contribution in [0.5, 0.6) is 0 Å². The van der Waals surface area contributed by atoms with Crippen molar-refractivity contribution in [1.82, 2.24) is 0 Å². The zero-order valence-electron chi connectivity index (χ0n) is 34.6. The van der Waals surface area contributed by atoms with Crippen molar-refractivity contribution >= 4 is 31.3 Å². The monoisotopic (exact) mass is 928 g/mol. The van der Waals surface area contributed by atoms with Gasteiger partial charge in [0.1, 0.15) is 0 Å². The molecule has 1 aliphatic heterocycles. The van der Waals surface area contributed by atoms with Crippen molar-refractivity contribution < 1.29 is 93.1 Å². The van der Waals surface area contributed by atoms with Crippen LogP contribution < -0.4 is 0 Å². The van der Waals surface area contributed by atoms with Crippen LogP contribution in [-0.2, 0) is 73.6 Å². The molecule has 0 aliphatic carbocycles. The molecule has 4 N–H and O–H groups in total. The van der Waals surface area contributed by atoms with E-state index in [2.05, 4.69) is 43.0 Å². The van der Waals surface area contributed by atoms with E-state index in [0.29, 0.717) is 38.9 Å². The van der Waals surface area contributed by atoms with E-state index in [-0.39, 0.29) is 26.4 Å².